The molecule has 0 spiro atoms. The van der Waals surface area contributed by atoms with E-state index in [1.165, 1.54) is 18.4 Å². The fourth-order valence-electron chi connectivity index (χ4n) is 2.91. The molecule has 0 unspecified atom stereocenters. The van der Waals surface area contributed by atoms with E-state index >= 15 is 0 Å². The first-order valence-corrected chi connectivity index (χ1v) is 8.24. The first-order valence-electron chi connectivity index (χ1n) is 8.24. The largest absolute Gasteiger partial charge is 0.396 e. The van der Waals surface area contributed by atoms with Crippen molar-refractivity contribution in [2.45, 2.75) is 46.1 Å². The number of aromatic nitrogens is 1. The summed E-state index contributed by atoms with van der Waals surface area (Å²) in [5.41, 5.74) is 1.22. The van der Waals surface area contributed by atoms with Crippen molar-refractivity contribution < 1.29 is 5.11 Å². The number of rotatable bonds is 8. The predicted octanol–water partition coefficient (Wildman–Crippen LogP) is 2.57. The average Bonchev–Trinajstić information content (AvgIpc) is 3.07. The van der Waals surface area contributed by atoms with Gasteiger partial charge >= 0.3 is 0 Å². The second-order valence-corrected chi connectivity index (χ2v) is 6.19. The molecule has 1 aliphatic heterocycles. The van der Waals surface area contributed by atoms with Crippen LogP contribution in [0.25, 0.3) is 0 Å². The molecule has 2 N–H and O–H groups in total. The smallest absolute Gasteiger partial charge is 0.128 e. The Hall–Kier alpha value is -1.13. The maximum absolute atomic E-state index is 9.57. The van der Waals surface area contributed by atoms with Crippen LogP contribution >= 0.6 is 0 Å². The maximum atomic E-state index is 9.57. The summed E-state index contributed by atoms with van der Waals surface area (Å²) in [5, 5.41) is 13.0. The first kappa shape index (κ1) is 16.2. The molecular formula is C17H29N3O. The van der Waals surface area contributed by atoms with Crippen LogP contribution in [0.3, 0.4) is 0 Å². The van der Waals surface area contributed by atoms with Crippen molar-refractivity contribution in [3.05, 3.63) is 23.9 Å². The van der Waals surface area contributed by atoms with Gasteiger partial charge in [0.05, 0.1) is 0 Å². The Balaban J connectivity index is 1.83. The molecule has 0 radical (unpaired) electrons. The lowest BCUT2D eigenvalue weighted by Crippen LogP contribution is -2.36. The molecule has 21 heavy (non-hydrogen) atoms. The molecule has 0 saturated carbocycles. The van der Waals surface area contributed by atoms with Crippen LogP contribution in [-0.4, -0.2) is 36.3 Å². The lowest BCUT2D eigenvalue weighted by molar-refractivity contribution is 0.113. The predicted molar refractivity (Wildman–Crippen MR) is 87.5 cm³/mol. The molecule has 0 bridgehead atoms. The van der Waals surface area contributed by atoms with Gasteiger partial charge in [-0.25, -0.2) is 4.98 Å². The number of anilines is 1. The Kier molecular flexibility index (Phi) is 6.00. The van der Waals surface area contributed by atoms with Crippen LogP contribution < -0.4 is 10.2 Å². The van der Waals surface area contributed by atoms with Gasteiger partial charge in [0.25, 0.3) is 0 Å². The van der Waals surface area contributed by atoms with Gasteiger partial charge in [-0.2, -0.15) is 0 Å². The fraction of sp³-hybridized carbons (Fsp3) is 0.706. The van der Waals surface area contributed by atoms with Crippen molar-refractivity contribution in [3.63, 3.8) is 0 Å². The first-order chi connectivity index (χ1) is 10.2. The summed E-state index contributed by atoms with van der Waals surface area (Å²) in [6.07, 6.45) is 6.53. The van der Waals surface area contributed by atoms with Gasteiger partial charge < -0.3 is 15.3 Å². The number of hydrogen-bond donors (Lipinski definition) is 2. The molecular weight excluding hydrogens is 262 g/mol. The van der Waals surface area contributed by atoms with Gasteiger partial charge in [-0.3, -0.25) is 0 Å². The van der Waals surface area contributed by atoms with Crippen molar-refractivity contribution in [2.75, 3.05) is 31.1 Å². The highest BCUT2D eigenvalue weighted by atomic mass is 16.3. The van der Waals surface area contributed by atoms with Gasteiger partial charge in [0.2, 0.25) is 0 Å². The Morgan fingerprint density at radius 3 is 2.48 bits per heavy atom. The summed E-state index contributed by atoms with van der Waals surface area (Å²) in [6, 6.07) is 4.29. The molecule has 0 amide bonds. The number of nitrogens with one attached hydrogen (secondary N) is 1. The Bertz CT molecular complexity index is 400. The van der Waals surface area contributed by atoms with E-state index in [4.69, 9.17) is 0 Å². The molecule has 1 aromatic rings. The topological polar surface area (TPSA) is 48.4 Å². The van der Waals surface area contributed by atoms with E-state index in [1.54, 1.807) is 0 Å². The molecule has 0 atom stereocenters. The highest BCUT2D eigenvalue weighted by Crippen LogP contribution is 2.24. The summed E-state index contributed by atoms with van der Waals surface area (Å²) >= 11 is 0. The van der Waals surface area contributed by atoms with Gasteiger partial charge in [0, 0.05) is 44.4 Å². The highest BCUT2D eigenvalue weighted by molar-refractivity contribution is 5.40. The Morgan fingerprint density at radius 1 is 1.24 bits per heavy atom. The third-order valence-corrected chi connectivity index (χ3v) is 4.90. The van der Waals surface area contributed by atoms with Crippen molar-refractivity contribution in [1.29, 1.82) is 0 Å². The molecule has 1 fully saturated rings. The molecule has 1 aliphatic rings. The number of aliphatic hydroxyl groups is 1. The third-order valence-electron chi connectivity index (χ3n) is 4.90. The van der Waals surface area contributed by atoms with Crippen molar-refractivity contribution in [1.82, 2.24) is 10.3 Å². The van der Waals surface area contributed by atoms with Crippen molar-refractivity contribution >= 4 is 5.82 Å². The normalized spacial score (nSPS) is 15.7. The Labute approximate surface area is 128 Å². The lowest BCUT2D eigenvalue weighted by Gasteiger charge is -2.29. The molecule has 1 saturated heterocycles. The molecule has 2 heterocycles. The van der Waals surface area contributed by atoms with E-state index in [2.05, 4.69) is 41.2 Å². The van der Waals surface area contributed by atoms with E-state index in [1.807, 2.05) is 6.20 Å². The summed E-state index contributed by atoms with van der Waals surface area (Å²) in [4.78, 5) is 6.92. The van der Waals surface area contributed by atoms with E-state index in [-0.39, 0.29) is 12.0 Å². The summed E-state index contributed by atoms with van der Waals surface area (Å²) in [5.74, 6) is 1.10. The third kappa shape index (κ3) is 4.17. The van der Waals surface area contributed by atoms with E-state index in [9.17, 15) is 5.11 Å². The number of hydrogen-bond acceptors (Lipinski definition) is 4. The lowest BCUT2D eigenvalue weighted by atomic mass is 9.83. The van der Waals surface area contributed by atoms with Gasteiger partial charge in [-0.05, 0) is 37.3 Å². The molecule has 0 aromatic carbocycles. The van der Waals surface area contributed by atoms with E-state index in [0.717, 1.165) is 44.8 Å². The minimum Gasteiger partial charge on any atom is -0.396 e. The van der Waals surface area contributed by atoms with Crippen LogP contribution in [0.15, 0.2) is 18.3 Å². The standard InChI is InChI=1S/C17H29N3O/c1-3-17(4-2,14-21)13-18-11-15-7-8-16(19-12-15)20-9-5-6-10-20/h7-8,12,18,21H,3-6,9-11,13-14H2,1-2H3. The average molecular weight is 291 g/mol. The van der Waals surface area contributed by atoms with Crippen molar-refractivity contribution in [2.24, 2.45) is 5.41 Å². The monoisotopic (exact) mass is 291 g/mol. The van der Waals surface area contributed by atoms with Crippen LogP contribution in [0.4, 0.5) is 5.82 Å². The SMILES string of the molecule is CCC(CC)(CO)CNCc1ccc(N2CCCC2)nc1. The van der Waals surface area contributed by atoms with Crippen LogP contribution in [0.2, 0.25) is 0 Å². The second kappa shape index (κ2) is 7.76. The summed E-state index contributed by atoms with van der Waals surface area (Å²) in [7, 11) is 0. The van der Waals surface area contributed by atoms with Crippen LogP contribution in [0, 0.1) is 5.41 Å². The minimum atomic E-state index is 0.0168. The summed E-state index contributed by atoms with van der Waals surface area (Å²) < 4.78 is 0. The maximum Gasteiger partial charge on any atom is 0.128 e. The van der Waals surface area contributed by atoms with E-state index in [0.29, 0.717) is 0 Å². The zero-order valence-electron chi connectivity index (χ0n) is 13.4. The fourth-order valence-corrected chi connectivity index (χ4v) is 2.91. The van der Waals surface area contributed by atoms with Gasteiger partial charge in [0.15, 0.2) is 0 Å². The molecule has 0 aliphatic carbocycles. The number of aliphatic hydroxyl groups excluding tert-OH is 1. The van der Waals surface area contributed by atoms with Crippen LogP contribution in [-0.2, 0) is 6.54 Å². The molecule has 4 heteroatoms. The second-order valence-electron chi connectivity index (χ2n) is 6.19. The summed E-state index contributed by atoms with van der Waals surface area (Å²) in [6.45, 7) is 8.48. The Morgan fingerprint density at radius 2 is 1.95 bits per heavy atom. The molecule has 118 valence electrons. The van der Waals surface area contributed by atoms with Crippen LogP contribution in [0.1, 0.15) is 45.1 Å². The van der Waals surface area contributed by atoms with Crippen molar-refractivity contribution in [3.8, 4) is 0 Å². The quantitative estimate of drug-likeness (QED) is 0.773. The van der Waals surface area contributed by atoms with Gasteiger partial charge in [-0.1, -0.05) is 19.9 Å². The number of pyridine rings is 1. The zero-order chi connectivity index (χ0) is 15.1. The molecule has 2 rings (SSSR count). The van der Waals surface area contributed by atoms with Crippen LogP contribution in [0.5, 0.6) is 0 Å². The number of nitrogens with zero attached hydrogens (tertiary/aromatic N) is 2. The zero-order valence-corrected chi connectivity index (χ0v) is 13.4. The molecule has 1 aromatic heterocycles. The van der Waals surface area contributed by atoms with Gasteiger partial charge in [-0.15, -0.1) is 0 Å². The van der Waals surface area contributed by atoms with Gasteiger partial charge in [0.1, 0.15) is 5.82 Å². The molecule has 4 nitrogen and oxygen atoms in total. The minimum absolute atomic E-state index is 0.0168. The highest BCUT2D eigenvalue weighted by Gasteiger charge is 2.24. The van der Waals surface area contributed by atoms with E-state index < -0.39 is 0 Å².